The van der Waals surface area contributed by atoms with Crippen molar-refractivity contribution in [3.05, 3.63) is 36.4 Å². The molecule has 4 heteroatoms. The van der Waals surface area contributed by atoms with E-state index < -0.39 is 0 Å². The van der Waals surface area contributed by atoms with Crippen molar-refractivity contribution < 1.29 is 14.2 Å². The molecule has 1 aromatic carbocycles. The predicted molar refractivity (Wildman–Crippen MR) is 68.2 cm³/mol. The van der Waals surface area contributed by atoms with E-state index in [4.69, 9.17) is 19.9 Å². The summed E-state index contributed by atoms with van der Waals surface area (Å²) >= 11 is 0. The number of hydrogen-bond acceptors (Lipinski definition) is 4. The van der Waals surface area contributed by atoms with Crippen LogP contribution < -0.4 is 10.5 Å². The van der Waals surface area contributed by atoms with Gasteiger partial charge in [0.15, 0.2) is 6.10 Å². The highest BCUT2D eigenvalue weighted by Gasteiger charge is 2.43. The predicted octanol–water partition coefficient (Wildman–Crippen LogP) is 1.55. The van der Waals surface area contributed by atoms with Gasteiger partial charge in [-0.15, -0.1) is 0 Å². The summed E-state index contributed by atoms with van der Waals surface area (Å²) in [5.41, 5.74) is 7.10. The first-order chi connectivity index (χ1) is 8.74. The highest BCUT2D eigenvalue weighted by Crippen LogP contribution is 2.29. The van der Waals surface area contributed by atoms with Gasteiger partial charge in [-0.1, -0.05) is 6.58 Å². The van der Waals surface area contributed by atoms with Crippen molar-refractivity contribution in [1.29, 1.82) is 0 Å². The molecule has 2 fully saturated rings. The van der Waals surface area contributed by atoms with Crippen LogP contribution in [-0.2, 0) is 9.47 Å². The van der Waals surface area contributed by atoms with Gasteiger partial charge < -0.3 is 19.9 Å². The van der Waals surface area contributed by atoms with Crippen molar-refractivity contribution in [3.8, 4) is 5.75 Å². The molecule has 96 valence electrons. The summed E-state index contributed by atoms with van der Waals surface area (Å²) in [6.07, 6.45) is 1.24. The fourth-order valence-electron chi connectivity index (χ4n) is 2.45. The Kier molecular flexibility index (Phi) is 2.97. The maximum Gasteiger partial charge on any atom is 0.150 e. The molecule has 2 aliphatic rings. The van der Waals surface area contributed by atoms with E-state index in [1.165, 1.54) is 0 Å². The first-order valence-electron chi connectivity index (χ1n) is 6.19. The van der Waals surface area contributed by atoms with Crippen molar-refractivity contribution in [2.24, 2.45) is 5.73 Å². The Morgan fingerprint density at radius 2 is 2.06 bits per heavy atom. The van der Waals surface area contributed by atoms with Crippen LogP contribution in [0.5, 0.6) is 5.75 Å². The number of hydrogen-bond donors (Lipinski definition) is 1. The molecule has 2 N–H and O–H groups in total. The van der Waals surface area contributed by atoms with Gasteiger partial charge >= 0.3 is 0 Å². The van der Waals surface area contributed by atoms with Gasteiger partial charge in [-0.3, -0.25) is 0 Å². The molecule has 4 nitrogen and oxygen atoms in total. The highest BCUT2D eigenvalue weighted by atomic mass is 16.6. The van der Waals surface area contributed by atoms with Gasteiger partial charge in [0.25, 0.3) is 0 Å². The smallest absolute Gasteiger partial charge is 0.150 e. The Morgan fingerprint density at radius 3 is 2.78 bits per heavy atom. The van der Waals surface area contributed by atoms with Crippen LogP contribution in [0.25, 0.3) is 5.70 Å². The van der Waals surface area contributed by atoms with E-state index in [2.05, 4.69) is 6.58 Å². The van der Waals surface area contributed by atoms with E-state index >= 15 is 0 Å². The highest BCUT2D eigenvalue weighted by molar-refractivity contribution is 5.60. The second kappa shape index (κ2) is 4.63. The minimum absolute atomic E-state index is 0.00979. The molecule has 0 aliphatic carbocycles. The van der Waals surface area contributed by atoms with Gasteiger partial charge in [0.2, 0.25) is 0 Å². The minimum Gasteiger partial charge on any atom is -0.485 e. The van der Waals surface area contributed by atoms with Gasteiger partial charge in [-0.2, -0.15) is 0 Å². The molecule has 0 saturated carbocycles. The van der Waals surface area contributed by atoms with E-state index in [1.54, 1.807) is 0 Å². The molecule has 0 radical (unpaired) electrons. The van der Waals surface area contributed by atoms with E-state index in [-0.39, 0.29) is 18.3 Å². The summed E-state index contributed by atoms with van der Waals surface area (Å²) in [6.45, 7) is 5.06. The maximum absolute atomic E-state index is 5.90. The van der Waals surface area contributed by atoms with Crippen LogP contribution in [0.3, 0.4) is 0 Å². The molecule has 1 unspecified atom stereocenters. The summed E-state index contributed by atoms with van der Waals surface area (Å²) in [7, 11) is 0. The van der Waals surface area contributed by atoms with Crippen LogP contribution in [0, 0.1) is 0 Å². The zero-order chi connectivity index (χ0) is 12.5. The second-order valence-corrected chi connectivity index (χ2v) is 4.70. The third kappa shape index (κ3) is 2.09. The van der Waals surface area contributed by atoms with Crippen LogP contribution in [0.2, 0.25) is 0 Å². The minimum atomic E-state index is -0.00979. The van der Waals surface area contributed by atoms with Crippen molar-refractivity contribution in [1.82, 2.24) is 0 Å². The van der Waals surface area contributed by atoms with Crippen molar-refractivity contribution in [2.75, 3.05) is 13.2 Å². The van der Waals surface area contributed by atoms with Gasteiger partial charge in [0, 0.05) is 12.3 Å². The van der Waals surface area contributed by atoms with Gasteiger partial charge in [-0.05, 0) is 36.2 Å². The Balaban J connectivity index is 1.67. The number of rotatable bonds is 3. The molecule has 2 saturated heterocycles. The maximum atomic E-state index is 5.90. The normalized spacial score (nSPS) is 30.1. The quantitative estimate of drug-likeness (QED) is 0.880. The molecule has 1 aromatic rings. The molecule has 2 aliphatic heterocycles. The summed E-state index contributed by atoms with van der Waals surface area (Å²) in [4.78, 5) is 0. The van der Waals surface area contributed by atoms with Crippen molar-refractivity contribution in [3.63, 3.8) is 0 Å². The largest absolute Gasteiger partial charge is 0.485 e. The first-order valence-corrected chi connectivity index (χ1v) is 6.19. The third-order valence-corrected chi connectivity index (χ3v) is 3.43. The monoisotopic (exact) mass is 247 g/mol. The van der Waals surface area contributed by atoms with E-state index in [1.807, 2.05) is 24.3 Å². The molecular weight excluding hydrogens is 230 g/mol. The lowest BCUT2D eigenvalue weighted by Gasteiger charge is -2.18. The fraction of sp³-hybridized carbons (Fsp3) is 0.429. The Bertz CT molecular complexity index is 443. The second-order valence-electron chi connectivity index (χ2n) is 4.70. The molecule has 0 amide bonds. The van der Waals surface area contributed by atoms with Crippen LogP contribution in [-0.4, -0.2) is 31.5 Å². The first kappa shape index (κ1) is 11.6. The zero-order valence-corrected chi connectivity index (χ0v) is 10.2. The average molecular weight is 247 g/mol. The molecule has 0 aromatic heterocycles. The summed E-state index contributed by atoms with van der Waals surface area (Å²) in [5.74, 6) is 0.810. The fourth-order valence-corrected chi connectivity index (χ4v) is 2.45. The Labute approximate surface area is 106 Å². The Morgan fingerprint density at radius 1 is 1.28 bits per heavy atom. The van der Waals surface area contributed by atoms with Crippen LogP contribution in [0.15, 0.2) is 30.8 Å². The number of fused-ring (bicyclic) bond motifs is 1. The summed E-state index contributed by atoms with van der Waals surface area (Å²) in [5, 5.41) is 0. The number of benzene rings is 1. The van der Waals surface area contributed by atoms with Gasteiger partial charge in [0.05, 0.1) is 12.7 Å². The number of ether oxygens (including phenoxy) is 3. The molecule has 3 rings (SSSR count). The van der Waals surface area contributed by atoms with E-state index in [0.29, 0.717) is 12.3 Å². The van der Waals surface area contributed by atoms with Gasteiger partial charge in [0.1, 0.15) is 11.9 Å². The molecule has 18 heavy (non-hydrogen) atoms. The lowest BCUT2D eigenvalue weighted by molar-refractivity contribution is 0.0308. The molecule has 3 atom stereocenters. The molecule has 0 spiro atoms. The number of nitrogens with two attached hydrogens (primary N) is 1. The lowest BCUT2D eigenvalue weighted by atomic mass is 10.1. The molecular formula is C14H17NO3. The van der Waals surface area contributed by atoms with E-state index in [9.17, 15) is 0 Å². The SMILES string of the molecule is C=C(N)c1ccc(OC2CO[C@@H]3CCO[C@H]23)cc1. The van der Waals surface area contributed by atoms with Crippen LogP contribution >= 0.6 is 0 Å². The zero-order valence-electron chi connectivity index (χ0n) is 10.2. The van der Waals surface area contributed by atoms with Crippen LogP contribution in [0.4, 0.5) is 0 Å². The van der Waals surface area contributed by atoms with Crippen LogP contribution in [0.1, 0.15) is 12.0 Å². The van der Waals surface area contributed by atoms with Crippen molar-refractivity contribution in [2.45, 2.75) is 24.7 Å². The van der Waals surface area contributed by atoms with Crippen molar-refractivity contribution >= 4 is 5.70 Å². The van der Waals surface area contributed by atoms with Gasteiger partial charge in [-0.25, -0.2) is 0 Å². The molecule has 0 bridgehead atoms. The Hall–Kier alpha value is -1.52. The summed E-state index contributed by atoms with van der Waals surface area (Å²) < 4.78 is 17.2. The van der Waals surface area contributed by atoms with E-state index in [0.717, 1.165) is 24.3 Å². The third-order valence-electron chi connectivity index (χ3n) is 3.43. The standard InChI is InChI=1S/C14H17NO3/c1-9(15)10-2-4-11(5-3-10)18-13-8-17-12-6-7-16-14(12)13/h2-5,12-14H,1,6-8,15H2/t12-,13?,14+/m1/s1. The average Bonchev–Trinajstić information content (AvgIpc) is 2.95. The topological polar surface area (TPSA) is 53.7 Å². The summed E-state index contributed by atoms with van der Waals surface area (Å²) in [6, 6.07) is 7.60. The lowest BCUT2D eigenvalue weighted by Crippen LogP contribution is -2.32. The molecule has 2 heterocycles.